The van der Waals surface area contributed by atoms with E-state index in [1.807, 2.05) is 43.3 Å². The maximum absolute atomic E-state index is 12.5. The molecule has 140 valence electrons. The van der Waals surface area contributed by atoms with Crippen LogP contribution in [-0.2, 0) is 0 Å². The van der Waals surface area contributed by atoms with E-state index >= 15 is 0 Å². The minimum absolute atomic E-state index is 0.157. The van der Waals surface area contributed by atoms with Crippen molar-refractivity contribution < 1.29 is 14.3 Å². The Morgan fingerprint density at radius 3 is 2.42 bits per heavy atom. The quantitative estimate of drug-likeness (QED) is 0.642. The van der Waals surface area contributed by atoms with Gasteiger partial charge in [0.15, 0.2) is 0 Å². The van der Waals surface area contributed by atoms with Crippen LogP contribution in [0.5, 0.6) is 11.5 Å². The fraction of sp³-hybridized carbons (Fsp3) is 0.409. The standard InChI is InChI=1S/C22H29NO3/c1-5-17(4)26-20-11-9-19(10-12-20)23-22(24)18-7-6-8-21(15-18)25-14-13-16(2)3/h6-12,15-17H,5,13-14H2,1-4H3,(H,23,24). The van der Waals surface area contributed by atoms with E-state index in [1.165, 1.54) is 0 Å². The summed E-state index contributed by atoms with van der Waals surface area (Å²) in [5.41, 5.74) is 1.31. The number of hydrogen-bond acceptors (Lipinski definition) is 3. The summed E-state index contributed by atoms with van der Waals surface area (Å²) in [5.74, 6) is 1.96. The minimum Gasteiger partial charge on any atom is -0.494 e. The largest absolute Gasteiger partial charge is 0.494 e. The molecule has 2 aromatic rings. The second-order valence-electron chi connectivity index (χ2n) is 6.87. The smallest absolute Gasteiger partial charge is 0.255 e. The zero-order valence-corrected chi connectivity index (χ0v) is 16.1. The average Bonchev–Trinajstić information content (AvgIpc) is 2.63. The van der Waals surface area contributed by atoms with Gasteiger partial charge in [-0.25, -0.2) is 0 Å². The number of hydrogen-bond donors (Lipinski definition) is 1. The molecule has 26 heavy (non-hydrogen) atoms. The molecular weight excluding hydrogens is 326 g/mol. The summed E-state index contributed by atoms with van der Waals surface area (Å²) in [7, 11) is 0. The molecule has 1 N–H and O–H groups in total. The molecule has 1 amide bonds. The van der Waals surface area contributed by atoms with Crippen molar-refractivity contribution in [3.8, 4) is 11.5 Å². The first-order valence-corrected chi connectivity index (χ1v) is 9.29. The van der Waals surface area contributed by atoms with Gasteiger partial charge in [0.1, 0.15) is 11.5 Å². The van der Waals surface area contributed by atoms with Crippen LogP contribution in [0, 0.1) is 5.92 Å². The highest BCUT2D eigenvalue weighted by Gasteiger charge is 2.08. The molecule has 0 aliphatic heterocycles. The van der Waals surface area contributed by atoms with Crippen LogP contribution in [0.25, 0.3) is 0 Å². The first kappa shape index (κ1) is 19.8. The Balaban J connectivity index is 1.94. The zero-order chi connectivity index (χ0) is 18.9. The minimum atomic E-state index is -0.157. The molecule has 2 aromatic carbocycles. The van der Waals surface area contributed by atoms with Crippen LogP contribution >= 0.6 is 0 Å². The Bertz CT molecular complexity index is 695. The lowest BCUT2D eigenvalue weighted by atomic mass is 10.1. The van der Waals surface area contributed by atoms with Gasteiger partial charge in [0, 0.05) is 11.3 Å². The highest BCUT2D eigenvalue weighted by Crippen LogP contribution is 2.19. The average molecular weight is 355 g/mol. The predicted molar refractivity (Wildman–Crippen MR) is 106 cm³/mol. The van der Waals surface area contributed by atoms with Crippen molar-refractivity contribution in [2.24, 2.45) is 5.92 Å². The van der Waals surface area contributed by atoms with Gasteiger partial charge in [-0.3, -0.25) is 4.79 Å². The molecule has 0 bridgehead atoms. The molecule has 0 aliphatic carbocycles. The summed E-state index contributed by atoms with van der Waals surface area (Å²) in [4.78, 5) is 12.5. The van der Waals surface area contributed by atoms with Gasteiger partial charge in [0.05, 0.1) is 12.7 Å². The number of anilines is 1. The second-order valence-corrected chi connectivity index (χ2v) is 6.87. The fourth-order valence-electron chi connectivity index (χ4n) is 2.28. The Kier molecular flexibility index (Phi) is 7.52. The third-order valence-electron chi connectivity index (χ3n) is 4.08. The van der Waals surface area contributed by atoms with Gasteiger partial charge < -0.3 is 14.8 Å². The highest BCUT2D eigenvalue weighted by atomic mass is 16.5. The van der Waals surface area contributed by atoms with Gasteiger partial charge >= 0.3 is 0 Å². The van der Waals surface area contributed by atoms with E-state index in [0.29, 0.717) is 18.1 Å². The van der Waals surface area contributed by atoms with Crippen LogP contribution in [-0.4, -0.2) is 18.6 Å². The number of nitrogens with one attached hydrogen (secondary N) is 1. The summed E-state index contributed by atoms with van der Waals surface area (Å²) in [6, 6.07) is 14.7. The highest BCUT2D eigenvalue weighted by molar-refractivity contribution is 6.04. The summed E-state index contributed by atoms with van der Waals surface area (Å²) in [6.45, 7) is 9.09. The van der Waals surface area contributed by atoms with Crippen LogP contribution in [0.2, 0.25) is 0 Å². The van der Waals surface area contributed by atoms with Gasteiger partial charge in [-0.15, -0.1) is 0 Å². The first-order valence-electron chi connectivity index (χ1n) is 9.29. The lowest BCUT2D eigenvalue weighted by Crippen LogP contribution is -2.12. The monoisotopic (exact) mass is 355 g/mol. The van der Waals surface area contributed by atoms with Crippen molar-refractivity contribution >= 4 is 11.6 Å². The number of ether oxygens (including phenoxy) is 2. The molecule has 4 heteroatoms. The van der Waals surface area contributed by atoms with Gasteiger partial charge in [-0.1, -0.05) is 26.8 Å². The number of rotatable bonds is 9. The van der Waals surface area contributed by atoms with E-state index in [4.69, 9.17) is 9.47 Å². The third-order valence-corrected chi connectivity index (χ3v) is 4.08. The molecule has 0 heterocycles. The molecular formula is C22H29NO3. The van der Waals surface area contributed by atoms with Crippen LogP contribution in [0.4, 0.5) is 5.69 Å². The number of benzene rings is 2. The summed E-state index contributed by atoms with van der Waals surface area (Å²) < 4.78 is 11.5. The molecule has 0 radical (unpaired) electrons. The maximum atomic E-state index is 12.5. The van der Waals surface area contributed by atoms with Crippen LogP contribution in [0.15, 0.2) is 48.5 Å². The number of carbonyl (C=O) groups excluding carboxylic acids is 1. The van der Waals surface area contributed by atoms with Crippen LogP contribution in [0.3, 0.4) is 0 Å². The molecule has 0 fully saturated rings. The molecule has 2 rings (SSSR count). The molecule has 1 atom stereocenters. The van der Waals surface area contributed by atoms with E-state index in [0.717, 1.165) is 30.0 Å². The molecule has 1 unspecified atom stereocenters. The zero-order valence-electron chi connectivity index (χ0n) is 16.1. The molecule has 0 saturated carbocycles. The molecule has 0 saturated heterocycles. The summed E-state index contributed by atoms with van der Waals surface area (Å²) in [6.07, 6.45) is 2.11. The van der Waals surface area contributed by atoms with E-state index in [1.54, 1.807) is 12.1 Å². The third kappa shape index (κ3) is 6.43. The number of amides is 1. The van der Waals surface area contributed by atoms with Crippen molar-refractivity contribution in [1.82, 2.24) is 0 Å². The van der Waals surface area contributed by atoms with Gasteiger partial charge in [-0.05, 0) is 68.1 Å². The molecule has 0 spiro atoms. The Labute approximate surface area is 156 Å². The van der Waals surface area contributed by atoms with Crippen molar-refractivity contribution in [3.05, 3.63) is 54.1 Å². The van der Waals surface area contributed by atoms with E-state index in [2.05, 4.69) is 26.1 Å². The predicted octanol–water partition coefficient (Wildman–Crippen LogP) is 5.54. The van der Waals surface area contributed by atoms with Gasteiger partial charge in [0.2, 0.25) is 0 Å². The van der Waals surface area contributed by atoms with Crippen molar-refractivity contribution in [3.63, 3.8) is 0 Å². The molecule has 0 aliphatic rings. The van der Waals surface area contributed by atoms with Crippen molar-refractivity contribution in [2.75, 3.05) is 11.9 Å². The summed E-state index contributed by atoms with van der Waals surface area (Å²) in [5, 5.41) is 2.90. The maximum Gasteiger partial charge on any atom is 0.255 e. The van der Waals surface area contributed by atoms with Gasteiger partial charge in [0.25, 0.3) is 5.91 Å². The van der Waals surface area contributed by atoms with E-state index < -0.39 is 0 Å². The Hall–Kier alpha value is -2.49. The number of carbonyl (C=O) groups is 1. The lowest BCUT2D eigenvalue weighted by molar-refractivity contribution is 0.102. The van der Waals surface area contributed by atoms with Crippen LogP contribution < -0.4 is 14.8 Å². The van der Waals surface area contributed by atoms with Crippen molar-refractivity contribution in [2.45, 2.75) is 46.6 Å². The molecule has 0 aromatic heterocycles. The summed E-state index contributed by atoms with van der Waals surface area (Å²) >= 11 is 0. The Morgan fingerprint density at radius 2 is 1.77 bits per heavy atom. The lowest BCUT2D eigenvalue weighted by Gasteiger charge is -2.13. The van der Waals surface area contributed by atoms with Crippen LogP contribution in [0.1, 0.15) is 50.9 Å². The fourth-order valence-corrected chi connectivity index (χ4v) is 2.28. The first-order chi connectivity index (χ1) is 12.5. The van der Waals surface area contributed by atoms with Gasteiger partial charge in [-0.2, -0.15) is 0 Å². The normalized spacial score (nSPS) is 11.9. The van der Waals surface area contributed by atoms with E-state index in [-0.39, 0.29) is 12.0 Å². The second kappa shape index (κ2) is 9.85. The molecule has 4 nitrogen and oxygen atoms in total. The van der Waals surface area contributed by atoms with Crippen molar-refractivity contribution in [1.29, 1.82) is 0 Å². The topological polar surface area (TPSA) is 47.6 Å². The Morgan fingerprint density at radius 1 is 1.04 bits per heavy atom. The SMILES string of the molecule is CCC(C)Oc1ccc(NC(=O)c2cccc(OCCC(C)C)c2)cc1. The van der Waals surface area contributed by atoms with E-state index in [9.17, 15) is 4.79 Å².